The van der Waals surface area contributed by atoms with Crippen LogP contribution in [0.5, 0.6) is 11.5 Å². The first kappa shape index (κ1) is 20.9. The van der Waals surface area contributed by atoms with Crippen molar-refractivity contribution in [3.63, 3.8) is 0 Å². The molecule has 0 N–H and O–H groups in total. The maximum Gasteiger partial charge on any atom is 0.261 e. The molecular formula is C26H21N3O3S. The molecule has 0 saturated carbocycles. The number of ether oxygens (including phenoxy) is 2. The first-order valence-corrected chi connectivity index (χ1v) is 11.2. The molecule has 164 valence electrons. The van der Waals surface area contributed by atoms with Crippen LogP contribution >= 0.6 is 11.3 Å². The lowest BCUT2D eigenvalue weighted by Gasteiger charge is -2.20. The smallest absolute Gasteiger partial charge is 0.261 e. The van der Waals surface area contributed by atoms with Crippen LogP contribution in [-0.2, 0) is 6.54 Å². The second-order valence-electron chi connectivity index (χ2n) is 7.38. The molecule has 0 radical (unpaired) electrons. The Bertz CT molecular complexity index is 1400. The highest BCUT2D eigenvalue weighted by Crippen LogP contribution is 2.41. The zero-order valence-corrected chi connectivity index (χ0v) is 19.0. The lowest BCUT2D eigenvalue weighted by Crippen LogP contribution is -2.30. The number of hydrogen-bond donors (Lipinski definition) is 0. The normalized spacial score (nSPS) is 11.0. The van der Waals surface area contributed by atoms with Crippen LogP contribution in [0.15, 0.2) is 79.0 Å². The molecule has 0 aliphatic heterocycles. The van der Waals surface area contributed by atoms with Gasteiger partial charge in [0, 0.05) is 11.8 Å². The second-order valence-corrected chi connectivity index (χ2v) is 8.36. The van der Waals surface area contributed by atoms with Gasteiger partial charge in [-0.15, -0.1) is 0 Å². The van der Waals surface area contributed by atoms with E-state index in [1.54, 1.807) is 25.3 Å². The molecule has 5 rings (SSSR count). The summed E-state index contributed by atoms with van der Waals surface area (Å²) in [6, 6.07) is 23.0. The summed E-state index contributed by atoms with van der Waals surface area (Å²) in [6.45, 7) is 0.285. The molecule has 33 heavy (non-hydrogen) atoms. The molecule has 0 atom stereocenters. The molecule has 7 heteroatoms. The van der Waals surface area contributed by atoms with Crippen LogP contribution in [0.25, 0.3) is 21.0 Å². The first-order chi connectivity index (χ1) is 16.2. The Morgan fingerprint density at radius 3 is 2.45 bits per heavy atom. The maximum atomic E-state index is 14.0. The van der Waals surface area contributed by atoms with Crippen molar-refractivity contribution in [3.05, 3.63) is 90.3 Å². The largest absolute Gasteiger partial charge is 0.495 e. The maximum absolute atomic E-state index is 14.0. The Hall–Kier alpha value is -3.97. The lowest BCUT2D eigenvalue weighted by molar-refractivity contribution is 0.0986. The summed E-state index contributed by atoms with van der Waals surface area (Å²) in [5.74, 6) is 1.17. The number of thiazole rings is 1. The SMILES string of the molecule is COc1ccc(OC)c2sc(N(Cc3ccccn3)C(=O)c3cccc4ccccc34)nc12. The van der Waals surface area contributed by atoms with Gasteiger partial charge in [-0.2, -0.15) is 0 Å². The number of hydrogen-bond acceptors (Lipinski definition) is 6. The van der Waals surface area contributed by atoms with Crippen molar-refractivity contribution in [2.45, 2.75) is 6.54 Å². The van der Waals surface area contributed by atoms with Crippen LogP contribution in [0.3, 0.4) is 0 Å². The first-order valence-electron chi connectivity index (χ1n) is 10.4. The van der Waals surface area contributed by atoms with Crippen molar-refractivity contribution < 1.29 is 14.3 Å². The van der Waals surface area contributed by atoms with Crippen molar-refractivity contribution in [2.24, 2.45) is 0 Å². The number of amides is 1. The molecule has 3 aromatic carbocycles. The third-order valence-electron chi connectivity index (χ3n) is 5.44. The molecule has 6 nitrogen and oxygen atoms in total. The zero-order valence-electron chi connectivity index (χ0n) is 18.2. The summed E-state index contributed by atoms with van der Waals surface area (Å²) < 4.78 is 11.9. The van der Waals surface area contributed by atoms with Gasteiger partial charge in [-0.1, -0.05) is 53.8 Å². The number of carbonyl (C=O) groups is 1. The average Bonchev–Trinajstić information content (AvgIpc) is 3.32. The van der Waals surface area contributed by atoms with Crippen LogP contribution in [0.1, 0.15) is 16.1 Å². The molecule has 0 fully saturated rings. The summed E-state index contributed by atoms with van der Waals surface area (Å²) in [5, 5.41) is 2.46. The monoisotopic (exact) mass is 455 g/mol. The van der Waals surface area contributed by atoms with Crippen molar-refractivity contribution in [2.75, 3.05) is 19.1 Å². The van der Waals surface area contributed by atoms with Gasteiger partial charge in [0.05, 0.1) is 26.5 Å². The number of nitrogens with zero attached hydrogens (tertiary/aromatic N) is 3. The van der Waals surface area contributed by atoms with E-state index in [2.05, 4.69) is 4.98 Å². The molecular weight excluding hydrogens is 434 g/mol. The molecule has 0 aliphatic carbocycles. The van der Waals surface area contributed by atoms with E-state index in [0.29, 0.717) is 27.7 Å². The lowest BCUT2D eigenvalue weighted by atomic mass is 10.0. The Labute approximate surface area is 195 Å². The van der Waals surface area contributed by atoms with Crippen molar-refractivity contribution in [1.29, 1.82) is 0 Å². The number of pyridine rings is 1. The van der Waals surface area contributed by atoms with E-state index in [1.165, 1.54) is 11.3 Å². The number of aromatic nitrogens is 2. The van der Waals surface area contributed by atoms with Crippen LogP contribution < -0.4 is 14.4 Å². The quantitative estimate of drug-likeness (QED) is 0.328. The zero-order chi connectivity index (χ0) is 22.8. The summed E-state index contributed by atoms with van der Waals surface area (Å²) in [7, 11) is 3.22. The van der Waals surface area contributed by atoms with Gasteiger partial charge in [-0.3, -0.25) is 14.7 Å². The summed E-state index contributed by atoms with van der Waals surface area (Å²) in [5.41, 5.74) is 2.04. The minimum Gasteiger partial charge on any atom is -0.495 e. The number of benzene rings is 3. The number of fused-ring (bicyclic) bond motifs is 2. The average molecular weight is 456 g/mol. The third-order valence-corrected chi connectivity index (χ3v) is 6.53. The Morgan fingerprint density at radius 2 is 1.67 bits per heavy atom. The predicted octanol–water partition coefficient (Wildman–Crippen LogP) is 5.71. The van der Waals surface area contributed by atoms with Crippen LogP contribution in [0, 0.1) is 0 Å². The van der Waals surface area contributed by atoms with Gasteiger partial charge in [0.25, 0.3) is 5.91 Å². The van der Waals surface area contributed by atoms with E-state index < -0.39 is 0 Å². The van der Waals surface area contributed by atoms with Crippen LogP contribution in [-0.4, -0.2) is 30.1 Å². The number of anilines is 1. The Morgan fingerprint density at radius 1 is 0.909 bits per heavy atom. The number of rotatable bonds is 6. The molecule has 0 unspecified atom stereocenters. The highest BCUT2D eigenvalue weighted by atomic mass is 32.1. The summed E-state index contributed by atoms with van der Waals surface area (Å²) >= 11 is 1.39. The molecule has 1 amide bonds. The highest BCUT2D eigenvalue weighted by molar-refractivity contribution is 7.22. The highest BCUT2D eigenvalue weighted by Gasteiger charge is 2.25. The summed E-state index contributed by atoms with van der Waals surface area (Å²) in [4.78, 5) is 24.9. The topological polar surface area (TPSA) is 64.6 Å². The number of methoxy groups -OCH3 is 2. The van der Waals surface area contributed by atoms with E-state index in [0.717, 1.165) is 21.2 Å². The van der Waals surface area contributed by atoms with E-state index in [4.69, 9.17) is 14.5 Å². The molecule has 0 saturated heterocycles. The van der Waals surface area contributed by atoms with E-state index in [9.17, 15) is 4.79 Å². The van der Waals surface area contributed by atoms with Crippen molar-refractivity contribution >= 4 is 43.4 Å². The standard InChI is InChI=1S/C26H21N3O3S/c1-31-21-13-14-22(32-2)24-23(21)28-26(33-24)29(16-18-10-5-6-15-27-18)25(30)20-12-7-9-17-8-3-4-11-19(17)20/h3-15H,16H2,1-2H3. The summed E-state index contributed by atoms with van der Waals surface area (Å²) in [6.07, 6.45) is 1.72. The fourth-order valence-electron chi connectivity index (χ4n) is 3.83. The van der Waals surface area contributed by atoms with Gasteiger partial charge in [0.2, 0.25) is 0 Å². The molecule has 0 aliphatic rings. The molecule has 2 aromatic heterocycles. The molecule has 0 bridgehead atoms. The van der Waals surface area contributed by atoms with Gasteiger partial charge < -0.3 is 9.47 Å². The molecule has 0 spiro atoms. The van der Waals surface area contributed by atoms with Crippen LogP contribution in [0.4, 0.5) is 5.13 Å². The van der Waals surface area contributed by atoms with Gasteiger partial charge in [0.15, 0.2) is 5.13 Å². The number of carbonyl (C=O) groups excluding carboxylic acids is 1. The van der Waals surface area contributed by atoms with Gasteiger partial charge in [-0.25, -0.2) is 4.98 Å². The Balaban J connectivity index is 1.67. The van der Waals surface area contributed by atoms with Crippen molar-refractivity contribution in [1.82, 2.24) is 9.97 Å². The van der Waals surface area contributed by atoms with Gasteiger partial charge in [-0.05, 0) is 41.1 Å². The molecule has 2 heterocycles. The minimum atomic E-state index is -0.144. The van der Waals surface area contributed by atoms with E-state index in [1.807, 2.05) is 72.8 Å². The van der Waals surface area contributed by atoms with E-state index >= 15 is 0 Å². The van der Waals surface area contributed by atoms with Gasteiger partial charge in [0.1, 0.15) is 21.7 Å². The minimum absolute atomic E-state index is 0.144. The van der Waals surface area contributed by atoms with Gasteiger partial charge >= 0.3 is 0 Å². The third kappa shape index (κ3) is 3.87. The molecule has 5 aromatic rings. The fraction of sp³-hybridized carbons (Fsp3) is 0.115. The van der Waals surface area contributed by atoms with E-state index in [-0.39, 0.29) is 12.5 Å². The second kappa shape index (κ2) is 8.88. The fourth-order valence-corrected chi connectivity index (χ4v) is 4.90. The Kier molecular flexibility index (Phi) is 5.62. The van der Waals surface area contributed by atoms with Crippen LogP contribution in [0.2, 0.25) is 0 Å². The predicted molar refractivity (Wildman–Crippen MR) is 131 cm³/mol. The van der Waals surface area contributed by atoms with Crippen molar-refractivity contribution in [3.8, 4) is 11.5 Å².